The molecule has 0 spiro atoms. The second-order valence-electron chi connectivity index (χ2n) is 5.74. The summed E-state index contributed by atoms with van der Waals surface area (Å²) in [6.07, 6.45) is 3.79. The van der Waals surface area contributed by atoms with Gasteiger partial charge < -0.3 is 14.8 Å². The van der Waals surface area contributed by atoms with Crippen molar-refractivity contribution in [2.45, 2.75) is 32.7 Å². The average Bonchev–Trinajstić information content (AvgIpc) is 3.25. The predicted molar refractivity (Wildman–Crippen MR) is 75.6 cm³/mol. The second kappa shape index (κ2) is 5.83. The number of ether oxygens (including phenoxy) is 2. The number of nitrogens with one attached hydrogen (secondary N) is 1. The number of rotatable bonds is 5. The average molecular weight is 261 g/mol. The lowest BCUT2D eigenvalue weighted by Gasteiger charge is -2.15. The molecular weight excluding hydrogens is 238 g/mol. The largest absolute Gasteiger partial charge is 0.490 e. The van der Waals surface area contributed by atoms with Gasteiger partial charge in [0.15, 0.2) is 11.5 Å². The molecule has 3 heteroatoms. The van der Waals surface area contributed by atoms with Crippen molar-refractivity contribution in [3.05, 3.63) is 23.8 Å². The van der Waals surface area contributed by atoms with E-state index in [4.69, 9.17) is 9.47 Å². The van der Waals surface area contributed by atoms with Crippen molar-refractivity contribution in [3.8, 4) is 11.5 Å². The lowest BCUT2D eigenvalue weighted by molar-refractivity contribution is 0.295. The van der Waals surface area contributed by atoms with E-state index in [1.807, 2.05) is 6.07 Å². The van der Waals surface area contributed by atoms with Crippen LogP contribution in [-0.4, -0.2) is 19.8 Å². The Morgan fingerprint density at radius 3 is 2.95 bits per heavy atom. The highest BCUT2D eigenvalue weighted by Crippen LogP contribution is 2.36. The van der Waals surface area contributed by atoms with Crippen LogP contribution in [0.5, 0.6) is 11.5 Å². The van der Waals surface area contributed by atoms with Gasteiger partial charge in [-0.05, 0) is 37.3 Å². The normalized spacial score (nSPS) is 19.8. The van der Waals surface area contributed by atoms with Gasteiger partial charge in [-0.1, -0.05) is 19.1 Å². The van der Waals surface area contributed by atoms with E-state index in [2.05, 4.69) is 24.4 Å². The maximum absolute atomic E-state index is 5.83. The van der Waals surface area contributed by atoms with E-state index < -0.39 is 0 Å². The van der Waals surface area contributed by atoms with Crippen molar-refractivity contribution in [2.24, 2.45) is 11.8 Å². The second-order valence-corrected chi connectivity index (χ2v) is 5.74. The van der Waals surface area contributed by atoms with E-state index in [9.17, 15) is 0 Å². The van der Waals surface area contributed by atoms with Crippen molar-refractivity contribution >= 4 is 0 Å². The zero-order chi connectivity index (χ0) is 13.1. The summed E-state index contributed by atoms with van der Waals surface area (Å²) in [5.74, 6) is 3.58. The highest BCUT2D eigenvalue weighted by Gasteiger charge is 2.27. The molecule has 1 saturated carbocycles. The van der Waals surface area contributed by atoms with Gasteiger partial charge in [0.1, 0.15) is 0 Å². The summed E-state index contributed by atoms with van der Waals surface area (Å²) in [5, 5.41) is 3.56. The summed E-state index contributed by atoms with van der Waals surface area (Å²) in [5.41, 5.74) is 1.21. The molecule has 1 aliphatic carbocycles. The number of benzene rings is 1. The third-order valence-electron chi connectivity index (χ3n) is 4.06. The van der Waals surface area contributed by atoms with Crippen molar-refractivity contribution in [1.29, 1.82) is 0 Å². The lowest BCUT2D eigenvalue weighted by Crippen LogP contribution is -2.22. The molecule has 104 valence electrons. The van der Waals surface area contributed by atoms with Crippen LogP contribution in [0.15, 0.2) is 18.2 Å². The van der Waals surface area contributed by atoms with Crippen LogP contribution in [0.25, 0.3) is 0 Å². The molecule has 19 heavy (non-hydrogen) atoms. The molecule has 0 saturated heterocycles. The maximum atomic E-state index is 5.83. The number of hydrogen-bond donors (Lipinski definition) is 1. The van der Waals surface area contributed by atoms with Gasteiger partial charge in [-0.2, -0.15) is 0 Å². The monoisotopic (exact) mass is 261 g/mol. The number of para-hydroxylation sites is 1. The van der Waals surface area contributed by atoms with E-state index >= 15 is 0 Å². The van der Waals surface area contributed by atoms with Gasteiger partial charge in [-0.25, -0.2) is 0 Å². The summed E-state index contributed by atoms with van der Waals surface area (Å²) < 4.78 is 11.5. The first kappa shape index (κ1) is 12.8. The SMILES string of the molecule is CC(CNCc1cccc2c1OCCCO2)C1CC1. The van der Waals surface area contributed by atoms with Gasteiger partial charge in [0.2, 0.25) is 0 Å². The zero-order valence-electron chi connectivity index (χ0n) is 11.7. The molecule has 1 atom stereocenters. The van der Waals surface area contributed by atoms with Crippen molar-refractivity contribution in [3.63, 3.8) is 0 Å². The smallest absolute Gasteiger partial charge is 0.165 e. The minimum atomic E-state index is 0.752. The van der Waals surface area contributed by atoms with Crippen LogP contribution in [0.4, 0.5) is 0 Å². The Hall–Kier alpha value is -1.22. The van der Waals surface area contributed by atoms with Crippen LogP contribution in [-0.2, 0) is 6.54 Å². The summed E-state index contributed by atoms with van der Waals surface area (Å²) in [6.45, 7) is 5.81. The maximum Gasteiger partial charge on any atom is 0.165 e. The van der Waals surface area contributed by atoms with Crippen LogP contribution >= 0.6 is 0 Å². The van der Waals surface area contributed by atoms with E-state index in [1.54, 1.807) is 0 Å². The number of fused-ring (bicyclic) bond motifs is 1. The molecule has 1 aromatic rings. The minimum absolute atomic E-state index is 0.752. The molecule has 1 unspecified atom stereocenters. The van der Waals surface area contributed by atoms with E-state index in [0.717, 1.165) is 56.1 Å². The molecule has 1 aromatic carbocycles. The Labute approximate surface area is 115 Å². The lowest BCUT2D eigenvalue weighted by atomic mass is 10.1. The third-order valence-corrected chi connectivity index (χ3v) is 4.06. The Bertz CT molecular complexity index is 429. The first-order valence-electron chi connectivity index (χ1n) is 7.43. The third kappa shape index (κ3) is 3.21. The highest BCUT2D eigenvalue weighted by molar-refractivity contribution is 5.47. The van der Waals surface area contributed by atoms with Crippen LogP contribution in [0.2, 0.25) is 0 Å². The Morgan fingerprint density at radius 2 is 2.11 bits per heavy atom. The Balaban J connectivity index is 1.60. The van der Waals surface area contributed by atoms with Crippen LogP contribution in [0, 0.1) is 11.8 Å². The summed E-state index contributed by atoms with van der Waals surface area (Å²) in [7, 11) is 0. The van der Waals surface area contributed by atoms with E-state index in [-0.39, 0.29) is 0 Å². The molecule has 2 aliphatic rings. The molecule has 3 nitrogen and oxygen atoms in total. The first-order valence-corrected chi connectivity index (χ1v) is 7.43. The van der Waals surface area contributed by atoms with E-state index in [0.29, 0.717) is 0 Å². The fourth-order valence-corrected chi connectivity index (χ4v) is 2.66. The summed E-state index contributed by atoms with van der Waals surface area (Å²) in [6, 6.07) is 6.17. The molecule has 1 aliphatic heterocycles. The predicted octanol–water partition coefficient (Wildman–Crippen LogP) is 2.98. The highest BCUT2D eigenvalue weighted by atomic mass is 16.5. The van der Waals surface area contributed by atoms with Crippen molar-refractivity contribution < 1.29 is 9.47 Å². The topological polar surface area (TPSA) is 30.5 Å². The fourth-order valence-electron chi connectivity index (χ4n) is 2.66. The molecule has 0 amide bonds. The summed E-state index contributed by atoms with van der Waals surface area (Å²) in [4.78, 5) is 0. The fraction of sp³-hybridized carbons (Fsp3) is 0.625. The van der Waals surface area contributed by atoms with Gasteiger partial charge in [0.25, 0.3) is 0 Å². The minimum Gasteiger partial charge on any atom is -0.490 e. The molecule has 3 rings (SSSR count). The number of hydrogen-bond acceptors (Lipinski definition) is 3. The Morgan fingerprint density at radius 1 is 1.26 bits per heavy atom. The van der Waals surface area contributed by atoms with Gasteiger partial charge in [-0.3, -0.25) is 0 Å². The standard InChI is InChI=1S/C16H23NO2/c1-12(13-6-7-13)10-17-11-14-4-2-5-15-16(14)19-9-3-8-18-15/h2,4-5,12-13,17H,3,6-11H2,1H3. The van der Waals surface area contributed by atoms with Gasteiger partial charge >= 0.3 is 0 Å². The van der Waals surface area contributed by atoms with Crippen LogP contribution < -0.4 is 14.8 Å². The quantitative estimate of drug-likeness (QED) is 0.884. The molecular formula is C16H23NO2. The first-order chi connectivity index (χ1) is 9.34. The van der Waals surface area contributed by atoms with E-state index in [1.165, 1.54) is 18.4 Å². The van der Waals surface area contributed by atoms with Gasteiger partial charge in [-0.15, -0.1) is 0 Å². The van der Waals surface area contributed by atoms with Crippen molar-refractivity contribution in [2.75, 3.05) is 19.8 Å². The summed E-state index contributed by atoms with van der Waals surface area (Å²) >= 11 is 0. The van der Waals surface area contributed by atoms with Crippen LogP contribution in [0.3, 0.4) is 0 Å². The molecule has 1 fully saturated rings. The molecule has 1 N–H and O–H groups in total. The van der Waals surface area contributed by atoms with Gasteiger partial charge in [0.05, 0.1) is 13.2 Å². The molecule has 0 aromatic heterocycles. The van der Waals surface area contributed by atoms with Gasteiger partial charge in [0, 0.05) is 18.5 Å². The Kier molecular flexibility index (Phi) is 3.92. The zero-order valence-corrected chi connectivity index (χ0v) is 11.7. The molecule has 1 heterocycles. The van der Waals surface area contributed by atoms with Crippen molar-refractivity contribution in [1.82, 2.24) is 5.32 Å². The molecule has 0 bridgehead atoms. The van der Waals surface area contributed by atoms with Crippen LogP contribution in [0.1, 0.15) is 31.7 Å². The molecule has 0 radical (unpaired) electrons.